The summed E-state index contributed by atoms with van der Waals surface area (Å²) in [6.07, 6.45) is -4.46. The van der Waals surface area contributed by atoms with E-state index in [-0.39, 0.29) is 12.5 Å². The molecule has 0 radical (unpaired) electrons. The molecule has 0 spiro atoms. The first-order valence-electron chi connectivity index (χ1n) is 7.57. The van der Waals surface area contributed by atoms with Gasteiger partial charge in [-0.15, -0.1) is 0 Å². The van der Waals surface area contributed by atoms with Crippen LogP contribution in [0.1, 0.15) is 25.0 Å². The van der Waals surface area contributed by atoms with Crippen molar-refractivity contribution in [3.05, 3.63) is 53.6 Å². The van der Waals surface area contributed by atoms with Gasteiger partial charge in [0, 0.05) is 5.69 Å². The van der Waals surface area contributed by atoms with Gasteiger partial charge in [-0.25, -0.2) is 0 Å². The standard InChI is InChI=1S/C18H16F3NO3/c1-17(2,11-6-7-14-15(9-11)25-10-24-14)16(23)22-13-5-3-4-12(8-13)18(19,20)21/h3-9H,10H2,1-2H3,(H,22,23). The smallest absolute Gasteiger partial charge is 0.416 e. The summed E-state index contributed by atoms with van der Waals surface area (Å²) in [7, 11) is 0. The number of alkyl halides is 3. The number of carbonyl (C=O) groups is 1. The fraction of sp³-hybridized carbons (Fsp3) is 0.278. The zero-order chi connectivity index (χ0) is 18.2. The van der Waals surface area contributed by atoms with E-state index >= 15 is 0 Å². The Kier molecular flexibility index (Phi) is 4.10. The number of rotatable bonds is 3. The summed E-state index contributed by atoms with van der Waals surface area (Å²) in [4.78, 5) is 12.6. The van der Waals surface area contributed by atoms with Gasteiger partial charge >= 0.3 is 6.18 Å². The minimum absolute atomic E-state index is 0.0913. The van der Waals surface area contributed by atoms with Crippen molar-refractivity contribution in [2.45, 2.75) is 25.4 Å². The number of fused-ring (bicyclic) bond motifs is 1. The van der Waals surface area contributed by atoms with Crippen LogP contribution in [0.15, 0.2) is 42.5 Å². The number of anilines is 1. The van der Waals surface area contributed by atoms with Crippen molar-refractivity contribution in [3.8, 4) is 11.5 Å². The monoisotopic (exact) mass is 351 g/mol. The Morgan fingerprint density at radius 1 is 1.00 bits per heavy atom. The zero-order valence-electron chi connectivity index (χ0n) is 13.6. The molecular formula is C18H16F3NO3. The first-order chi connectivity index (χ1) is 11.7. The molecule has 2 aromatic carbocycles. The first-order valence-corrected chi connectivity index (χ1v) is 7.57. The van der Waals surface area contributed by atoms with Crippen molar-refractivity contribution in [2.75, 3.05) is 12.1 Å². The third-order valence-electron chi connectivity index (χ3n) is 4.11. The van der Waals surface area contributed by atoms with Crippen LogP contribution in [0, 0.1) is 0 Å². The molecule has 1 aliphatic heterocycles. The Labute approximate surface area is 142 Å². The van der Waals surface area contributed by atoms with Crippen LogP contribution in [0.25, 0.3) is 0 Å². The summed E-state index contributed by atoms with van der Waals surface area (Å²) < 4.78 is 48.9. The molecule has 132 valence electrons. The summed E-state index contributed by atoms with van der Waals surface area (Å²) in [5.74, 6) is 0.709. The van der Waals surface area contributed by atoms with E-state index in [9.17, 15) is 18.0 Å². The molecule has 3 rings (SSSR count). The number of amides is 1. The average Bonchev–Trinajstić information content (AvgIpc) is 3.01. The molecule has 25 heavy (non-hydrogen) atoms. The van der Waals surface area contributed by atoms with E-state index in [1.807, 2.05) is 0 Å². The molecular weight excluding hydrogens is 335 g/mol. The maximum absolute atomic E-state index is 12.8. The second-order valence-corrected chi connectivity index (χ2v) is 6.23. The Bertz CT molecular complexity index is 815. The molecule has 0 saturated heterocycles. The van der Waals surface area contributed by atoms with E-state index in [1.54, 1.807) is 32.0 Å². The SMILES string of the molecule is CC(C)(C(=O)Nc1cccc(C(F)(F)F)c1)c1ccc2c(c1)OCO2. The van der Waals surface area contributed by atoms with Crippen LogP contribution < -0.4 is 14.8 Å². The highest BCUT2D eigenvalue weighted by molar-refractivity contribution is 5.98. The van der Waals surface area contributed by atoms with E-state index in [2.05, 4.69) is 5.32 Å². The van der Waals surface area contributed by atoms with Crippen molar-refractivity contribution in [1.82, 2.24) is 0 Å². The quantitative estimate of drug-likeness (QED) is 0.894. The molecule has 0 atom stereocenters. The summed E-state index contributed by atoms with van der Waals surface area (Å²) in [5.41, 5.74) is -1.03. The van der Waals surface area contributed by atoms with Gasteiger partial charge in [0.1, 0.15) is 0 Å². The highest BCUT2D eigenvalue weighted by Crippen LogP contribution is 2.37. The highest BCUT2D eigenvalue weighted by atomic mass is 19.4. The Balaban J connectivity index is 1.82. The third-order valence-corrected chi connectivity index (χ3v) is 4.11. The van der Waals surface area contributed by atoms with E-state index in [4.69, 9.17) is 9.47 Å². The minimum Gasteiger partial charge on any atom is -0.454 e. The van der Waals surface area contributed by atoms with Crippen molar-refractivity contribution >= 4 is 11.6 Å². The van der Waals surface area contributed by atoms with Gasteiger partial charge in [-0.2, -0.15) is 13.2 Å². The molecule has 0 aromatic heterocycles. The lowest BCUT2D eigenvalue weighted by atomic mass is 9.83. The third kappa shape index (κ3) is 3.40. The first kappa shape index (κ1) is 17.1. The lowest BCUT2D eigenvalue weighted by Gasteiger charge is -2.24. The Morgan fingerprint density at radius 3 is 2.44 bits per heavy atom. The molecule has 1 N–H and O–H groups in total. The Hall–Kier alpha value is -2.70. The number of nitrogens with one attached hydrogen (secondary N) is 1. The molecule has 1 aliphatic rings. The number of halogens is 3. The lowest BCUT2D eigenvalue weighted by molar-refractivity contribution is -0.137. The topological polar surface area (TPSA) is 47.6 Å². The van der Waals surface area contributed by atoms with Gasteiger partial charge in [0.05, 0.1) is 11.0 Å². The second kappa shape index (κ2) is 5.98. The maximum Gasteiger partial charge on any atom is 0.416 e. The molecule has 1 heterocycles. The van der Waals surface area contributed by atoms with Gasteiger partial charge in [-0.1, -0.05) is 12.1 Å². The number of hydrogen-bond donors (Lipinski definition) is 1. The van der Waals surface area contributed by atoms with Crippen LogP contribution in [-0.2, 0) is 16.4 Å². The van der Waals surface area contributed by atoms with Crippen LogP contribution in [0.5, 0.6) is 11.5 Å². The van der Waals surface area contributed by atoms with Gasteiger partial charge in [0.25, 0.3) is 0 Å². The minimum atomic E-state index is -4.46. The molecule has 2 aromatic rings. The van der Waals surface area contributed by atoms with E-state index < -0.39 is 23.1 Å². The van der Waals surface area contributed by atoms with Crippen molar-refractivity contribution in [1.29, 1.82) is 0 Å². The van der Waals surface area contributed by atoms with Crippen LogP contribution in [0.3, 0.4) is 0 Å². The normalized spacial score (nSPS) is 13.6. The molecule has 0 aliphatic carbocycles. The van der Waals surface area contributed by atoms with Crippen LogP contribution >= 0.6 is 0 Å². The lowest BCUT2D eigenvalue weighted by Crippen LogP contribution is -2.34. The predicted octanol–water partition coefficient (Wildman–Crippen LogP) is 4.35. The number of carbonyl (C=O) groups excluding carboxylic acids is 1. The highest BCUT2D eigenvalue weighted by Gasteiger charge is 2.33. The average molecular weight is 351 g/mol. The molecule has 0 bridgehead atoms. The molecule has 0 saturated carbocycles. The van der Waals surface area contributed by atoms with E-state index in [0.717, 1.165) is 12.1 Å². The fourth-order valence-electron chi connectivity index (χ4n) is 2.48. The zero-order valence-corrected chi connectivity index (χ0v) is 13.6. The van der Waals surface area contributed by atoms with Crippen molar-refractivity contribution in [2.24, 2.45) is 0 Å². The maximum atomic E-state index is 12.8. The van der Waals surface area contributed by atoms with Gasteiger partial charge in [-0.05, 0) is 49.7 Å². The number of benzene rings is 2. The van der Waals surface area contributed by atoms with Crippen LogP contribution in [0.4, 0.5) is 18.9 Å². The van der Waals surface area contributed by atoms with Gasteiger partial charge < -0.3 is 14.8 Å². The number of hydrogen-bond acceptors (Lipinski definition) is 3. The summed E-state index contributed by atoms with van der Waals surface area (Å²) in [5, 5.41) is 2.55. The van der Waals surface area contributed by atoms with Gasteiger partial charge in [-0.3, -0.25) is 4.79 Å². The van der Waals surface area contributed by atoms with E-state index in [1.165, 1.54) is 12.1 Å². The number of ether oxygens (including phenoxy) is 2. The molecule has 4 nitrogen and oxygen atoms in total. The van der Waals surface area contributed by atoms with Crippen LogP contribution in [-0.4, -0.2) is 12.7 Å². The summed E-state index contributed by atoms with van der Waals surface area (Å²) in [6.45, 7) is 3.50. The molecule has 0 unspecified atom stereocenters. The van der Waals surface area contributed by atoms with Gasteiger partial charge in [0.15, 0.2) is 11.5 Å². The molecule has 1 amide bonds. The summed E-state index contributed by atoms with van der Waals surface area (Å²) in [6, 6.07) is 9.69. The van der Waals surface area contributed by atoms with Gasteiger partial charge in [0.2, 0.25) is 12.7 Å². The second-order valence-electron chi connectivity index (χ2n) is 6.23. The van der Waals surface area contributed by atoms with Crippen molar-refractivity contribution < 1.29 is 27.4 Å². The predicted molar refractivity (Wildman–Crippen MR) is 85.7 cm³/mol. The van der Waals surface area contributed by atoms with Crippen molar-refractivity contribution in [3.63, 3.8) is 0 Å². The van der Waals surface area contributed by atoms with Crippen LogP contribution in [0.2, 0.25) is 0 Å². The molecule has 0 fully saturated rings. The molecule has 7 heteroatoms. The van der Waals surface area contributed by atoms with E-state index in [0.29, 0.717) is 17.1 Å². The fourth-order valence-corrected chi connectivity index (χ4v) is 2.48. The summed E-state index contributed by atoms with van der Waals surface area (Å²) >= 11 is 0. The Morgan fingerprint density at radius 2 is 1.72 bits per heavy atom. The largest absolute Gasteiger partial charge is 0.454 e.